The first-order valence-corrected chi connectivity index (χ1v) is 6.21. The van der Waals surface area contributed by atoms with Crippen LogP contribution in [0.15, 0.2) is 38.9 Å². The maximum Gasteiger partial charge on any atom is 0.145 e. The minimum atomic E-state index is 0.0367. The summed E-state index contributed by atoms with van der Waals surface area (Å²) in [4.78, 5) is 0. The summed E-state index contributed by atoms with van der Waals surface area (Å²) in [5.74, 6) is 0.544. The molecule has 1 atom stereocenters. The van der Waals surface area contributed by atoms with E-state index < -0.39 is 0 Å². The standard InChI is InChI=1S/C12H15N5O/c13-12(16-18)8-5-6-9-11(15-17-14-9)10(8)7-3-1-2-4-7/h5-7,10,18H,1-4H2,(H2,13,16). The van der Waals surface area contributed by atoms with Gasteiger partial charge >= 0.3 is 0 Å². The highest BCUT2D eigenvalue weighted by molar-refractivity contribution is 6.12. The summed E-state index contributed by atoms with van der Waals surface area (Å²) in [6.07, 6.45) is 8.35. The number of rotatable bonds is 2. The fraction of sp³-hybridized carbons (Fsp3) is 0.500. The lowest BCUT2D eigenvalue weighted by molar-refractivity contribution is 0.232. The molecule has 0 aromatic heterocycles. The largest absolute Gasteiger partial charge is 0.290 e. The number of amidine groups is 1. The minimum Gasteiger partial charge on any atom is -0.290 e. The fourth-order valence-electron chi connectivity index (χ4n) is 3.05. The number of nitrogens with zero attached hydrogens (tertiary/aromatic N) is 3. The second kappa shape index (κ2) is 4.45. The van der Waals surface area contributed by atoms with Crippen molar-refractivity contribution in [2.75, 3.05) is 0 Å². The van der Waals surface area contributed by atoms with Crippen LogP contribution in [-0.4, -0.2) is 16.8 Å². The second-order valence-electron chi connectivity index (χ2n) is 4.86. The molecular weight excluding hydrogens is 230 g/mol. The molecule has 1 unspecified atom stereocenters. The van der Waals surface area contributed by atoms with Crippen molar-refractivity contribution in [1.82, 2.24) is 5.48 Å². The number of fused-ring (bicyclic) bond motifs is 1. The Labute approximate surface area is 105 Å². The smallest absolute Gasteiger partial charge is 0.145 e. The Balaban J connectivity index is 1.98. The third-order valence-corrected chi connectivity index (χ3v) is 3.89. The lowest BCUT2D eigenvalue weighted by Crippen LogP contribution is -2.34. The van der Waals surface area contributed by atoms with E-state index in [-0.39, 0.29) is 11.8 Å². The van der Waals surface area contributed by atoms with E-state index in [2.05, 4.69) is 15.4 Å². The van der Waals surface area contributed by atoms with Gasteiger partial charge in [-0.2, -0.15) is 0 Å². The first-order chi connectivity index (χ1) is 8.81. The molecule has 94 valence electrons. The topological polar surface area (TPSA) is 93.2 Å². The van der Waals surface area contributed by atoms with Crippen LogP contribution in [0.5, 0.6) is 0 Å². The zero-order chi connectivity index (χ0) is 12.5. The molecule has 0 saturated heterocycles. The second-order valence-corrected chi connectivity index (χ2v) is 4.86. The summed E-state index contributed by atoms with van der Waals surface area (Å²) in [5.41, 5.74) is 4.35. The zero-order valence-electron chi connectivity index (χ0n) is 9.93. The maximum absolute atomic E-state index is 8.97. The van der Waals surface area contributed by atoms with Crippen LogP contribution in [0.25, 0.3) is 0 Å². The molecule has 1 aliphatic heterocycles. The minimum absolute atomic E-state index is 0.0367. The van der Waals surface area contributed by atoms with E-state index in [0.717, 1.165) is 29.8 Å². The molecular formula is C12H15N5O. The van der Waals surface area contributed by atoms with E-state index in [4.69, 9.17) is 10.6 Å². The normalized spacial score (nSPS) is 26.5. The Morgan fingerprint density at radius 3 is 2.83 bits per heavy atom. The van der Waals surface area contributed by atoms with Crippen molar-refractivity contribution in [1.29, 1.82) is 5.41 Å². The molecule has 0 amide bonds. The van der Waals surface area contributed by atoms with E-state index in [9.17, 15) is 0 Å². The monoisotopic (exact) mass is 245 g/mol. The Kier molecular flexibility index (Phi) is 2.79. The number of hydroxylamine groups is 1. The van der Waals surface area contributed by atoms with Crippen molar-refractivity contribution in [2.45, 2.75) is 25.7 Å². The highest BCUT2D eigenvalue weighted by Gasteiger charge is 2.38. The summed E-state index contributed by atoms with van der Waals surface area (Å²) in [7, 11) is 0. The van der Waals surface area contributed by atoms with Crippen molar-refractivity contribution in [3.8, 4) is 0 Å². The quantitative estimate of drug-likeness (QED) is 0.396. The lowest BCUT2D eigenvalue weighted by atomic mass is 9.77. The van der Waals surface area contributed by atoms with Gasteiger partial charge in [-0.3, -0.25) is 16.1 Å². The van der Waals surface area contributed by atoms with Crippen molar-refractivity contribution >= 4 is 11.5 Å². The fourth-order valence-corrected chi connectivity index (χ4v) is 3.05. The van der Waals surface area contributed by atoms with Crippen LogP contribution in [0.2, 0.25) is 0 Å². The molecule has 0 spiro atoms. The van der Waals surface area contributed by atoms with Crippen LogP contribution in [0, 0.1) is 17.2 Å². The van der Waals surface area contributed by atoms with Crippen LogP contribution in [-0.2, 0) is 0 Å². The number of nitrogens with one attached hydrogen (secondary N) is 2. The Morgan fingerprint density at radius 1 is 1.33 bits per heavy atom. The SMILES string of the molecule is N=C(NO)C1=CC=C2N=NN=C2C1C1CCCC1. The molecule has 0 aromatic rings. The van der Waals surface area contributed by atoms with Gasteiger partial charge in [-0.1, -0.05) is 18.9 Å². The molecule has 1 heterocycles. The molecule has 6 heteroatoms. The van der Waals surface area contributed by atoms with Gasteiger partial charge in [0, 0.05) is 11.5 Å². The van der Waals surface area contributed by atoms with E-state index in [1.165, 1.54) is 12.8 Å². The highest BCUT2D eigenvalue weighted by atomic mass is 16.5. The molecule has 6 nitrogen and oxygen atoms in total. The van der Waals surface area contributed by atoms with E-state index in [1.54, 1.807) is 0 Å². The predicted octanol–water partition coefficient (Wildman–Crippen LogP) is 2.39. The molecule has 3 rings (SSSR count). The van der Waals surface area contributed by atoms with Gasteiger partial charge in [0.25, 0.3) is 0 Å². The third-order valence-electron chi connectivity index (χ3n) is 3.89. The van der Waals surface area contributed by atoms with Gasteiger partial charge in [0.1, 0.15) is 17.2 Å². The summed E-state index contributed by atoms with van der Waals surface area (Å²) in [6, 6.07) is 0. The third kappa shape index (κ3) is 1.69. The van der Waals surface area contributed by atoms with Gasteiger partial charge in [0.15, 0.2) is 0 Å². The molecule has 1 saturated carbocycles. The van der Waals surface area contributed by atoms with Gasteiger partial charge in [0.05, 0.1) is 0 Å². The van der Waals surface area contributed by atoms with Crippen LogP contribution in [0.3, 0.4) is 0 Å². The van der Waals surface area contributed by atoms with Gasteiger partial charge in [-0.05, 0) is 30.1 Å². The predicted molar refractivity (Wildman–Crippen MR) is 66.6 cm³/mol. The van der Waals surface area contributed by atoms with Crippen molar-refractivity contribution < 1.29 is 5.21 Å². The summed E-state index contributed by atoms with van der Waals surface area (Å²) < 4.78 is 0. The average molecular weight is 245 g/mol. The van der Waals surface area contributed by atoms with Crippen LogP contribution in [0.4, 0.5) is 0 Å². The van der Waals surface area contributed by atoms with Crippen molar-refractivity contribution in [2.24, 2.45) is 27.3 Å². The van der Waals surface area contributed by atoms with Crippen molar-refractivity contribution in [3.05, 3.63) is 23.4 Å². The first-order valence-electron chi connectivity index (χ1n) is 6.21. The molecule has 3 aliphatic rings. The van der Waals surface area contributed by atoms with E-state index in [0.29, 0.717) is 5.92 Å². The number of hydrogen-bond donors (Lipinski definition) is 3. The van der Waals surface area contributed by atoms with Gasteiger partial charge in [-0.15, -0.1) is 10.2 Å². The van der Waals surface area contributed by atoms with Gasteiger partial charge in [-0.25, -0.2) is 0 Å². The summed E-state index contributed by atoms with van der Waals surface area (Å²) >= 11 is 0. The molecule has 1 fully saturated rings. The number of hydrogen-bond acceptors (Lipinski definition) is 5. The van der Waals surface area contributed by atoms with Gasteiger partial charge in [0.2, 0.25) is 0 Å². The molecule has 0 radical (unpaired) electrons. The summed E-state index contributed by atoms with van der Waals surface area (Å²) in [5, 5.41) is 28.6. The Morgan fingerprint density at radius 2 is 2.11 bits per heavy atom. The van der Waals surface area contributed by atoms with Crippen molar-refractivity contribution in [3.63, 3.8) is 0 Å². The Bertz CT molecular complexity index is 497. The summed E-state index contributed by atoms with van der Waals surface area (Å²) in [6.45, 7) is 0. The van der Waals surface area contributed by atoms with Crippen LogP contribution in [0.1, 0.15) is 25.7 Å². The molecule has 3 N–H and O–H groups in total. The molecule has 18 heavy (non-hydrogen) atoms. The zero-order valence-corrected chi connectivity index (χ0v) is 9.93. The van der Waals surface area contributed by atoms with Crippen LogP contribution < -0.4 is 5.48 Å². The number of allylic oxidation sites excluding steroid dienone is 3. The Hall–Kier alpha value is -1.82. The van der Waals surface area contributed by atoms with Gasteiger partial charge < -0.3 is 0 Å². The van der Waals surface area contributed by atoms with Crippen LogP contribution >= 0.6 is 0 Å². The van der Waals surface area contributed by atoms with E-state index in [1.807, 2.05) is 17.6 Å². The van der Waals surface area contributed by atoms with E-state index >= 15 is 0 Å². The molecule has 0 bridgehead atoms. The molecule has 0 aromatic carbocycles. The first kappa shape index (κ1) is 11.3. The maximum atomic E-state index is 8.97. The molecule has 2 aliphatic carbocycles. The lowest BCUT2D eigenvalue weighted by Gasteiger charge is -2.28. The average Bonchev–Trinajstić information content (AvgIpc) is 3.07. The highest BCUT2D eigenvalue weighted by Crippen LogP contribution is 2.40.